The fourth-order valence-corrected chi connectivity index (χ4v) is 3.54. The van der Waals surface area contributed by atoms with E-state index in [0.717, 1.165) is 30.0 Å². The van der Waals surface area contributed by atoms with E-state index in [1.54, 1.807) is 22.8 Å². The Bertz CT molecular complexity index is 1190. The average Bonchev–Trinajstić information content (AvgIpc) is 3.20. The summed E-state index contributed by atoms with van der Waals surface area (Å²) >= 11 is 0. The highest BCUT2D eigenvalue weighted by molar-refractivity contribution is 6.01. The zero-order valence-corrected chi connectivity index (χ0v) is 17.3. The van der Waals surface area contributed by atoms with Gasteiger partial charge in [-0.2, -0.15) is 5.10 Å². The topological polar surface area (TPSA) is 85.6 Å². The number of hydrogen-bond donors (Lipinski definition) is 1. The van der Waals surface area contributed by atoms with Gasteiger partial charge in [0.1, 0.15) is 11.6 Å². The zero-order chi connectivity index (χ0) is 21.3. The monoisotopic (exact) mass is 404 g/mol. The number of rotatable bonds is 5. The number of benzene rings is 2. The minimum Gasteiger partial charge on any atom is -0.491 e. The van der Waals surface area contributed by atoms with Crippen molar-refractivity contribution in [3.05, 3.63) is 69.8 Å². The molecule has 3 aromatic rings. The first kappa shape index (κ1) is 19.8. The number of amides is 1. The number of nitrogens with one attached hydrogen (secondary N) is 1. The standard InChI is InChI=1S/C23H24N4O3/c1-14(2)30-18-9-6-16(7-10-18)15(3)25-26-22(28)17-8-11-19-20(13-17)24-21-5-4-12-27(21)23(19)29/h6-11,13-14H,4-5,12H2,1-3H3,(H,26,28)/b25-15-. The first-order chi connectivity index (χ1) is 14.4. The predicted octanol–water partition coefficient (Wildman–Crippen LogP) is 3.28. The first-order valence-corrected chi connectivity index (χ1v) is 10.1. The Morgan fingerprint density at radius 1 is 1.17 bits per heavy atom. The molecular weight excluding hydrogens is 380 g/mol. The number of ether oxygens (including phenoxy) is 1. The molecule has 7 heteroatoms. The molecule has 0 fully saturated rings. The summed E-state index contributed by atoms with van der Waals surface area (Å²) in [5.74, 6) is 1.22. The molecule has 4 rings (SSSR count). The minimum absolute atomic E-state index is 0.0433. The number of aryl methyl sites for hydroxylation is 1. The number of aromatic nitrogens is 2. The van der Waals surface area contributed by atoms with Crippen molar-refractivity contribution in [2.45, 2.75) is 46.3 Å². The Kier molecular flexibility index (Phi) is 5.35. The van der Waals surface area contributed by atoms with Crippen molar-refractivity contribution < 1.29 is 9.53 Å². The second kappa shape index (κ2) is 8.10. The van der Waals surface area contributed by atoms with Gasteiger partial charge >= 0.3 is 0 Å². The van der Waals surface area contributed by atoms with Crippen molar-refractivity contribution in [3.8, 4) is 5.75 Å². The van der Waals surface area contributed by atoms with Gasteiger partial charge in [0.2, 0.25) is 0 Å². The van der Waals surface area contributed by atoms with E-state index in [-0.39, 0.29) is 17.6 Å². The molecule has 0 saturated carbocycles. The van der Waals surface area contributed by atoms with Gasteiger partial charge in [0.05, 0.1) is 22.7 Å². The number of fused-ring (bicyclic) bond motifs is 2. The molecule has 0 saturated heterocycles. The minimum atomic E-state index is -0.349. The summed E-state index contributed by atoms with van der Waals surface area (Å²) in [4.78, 5) is 29.7. The van der Waals surface area contributed by atoms with Gasteiger partial charge in [-0.25, -0.2) is 10.4 Å². The second-order valence-electron chi connectivity index (χ2n) is 7.65. The molecular formula is C23H24N4O3. The lowest BCUT2D eigenvalue weighted by Gasteiger charge is -2.10. The molecule has 0 radical (unpaired) electrons. The van der Waals surface area contributed by atoms with E-state index in [2.05, 4.69) is 15.5 Å². The van der Waals surface area contributed by atoms with Crippen molar-refractivity contribution >= 4 is 22.5 Å². The van der Waals surface area contributed by atoms with E-state index in [9.17, 15) is 9.59 Å². The maximum Gasteiger partial charge on any atom is 0.271 e. The summed E-state index contributed by atoms with van der Waals surface area (Å²) in [7, 11) is 0. The van der Waals surface area contributed by atoms with E-state index in [0.29, 0.717) is 28.7 Å². The van der Waals surface area contributed by atoms with Gasteiger partial charge in [-0.15, -0.1) is 0 Å². The van der Waals surface area contributed by atoms with Gasteiger partial charge in [0.25, 0.3) is 11.5 Å². The molecule has 7 nitrogen and oxygen atoms in total. The first-order valence-electron chi connectivity index (χ1n) is 10.1. The molecule has 0 atom stereocenters. The van der Waals surface area contributed by atoms with Crippen molar-refractivity contribution in [1.29, 1.82) is 0 Å². The van der Waals surface area contributed by atoms with Crippen molar-refractivity contribution in [2.75, 3.05) is 0 Å². The Hall–Kier alpha value is -3.48. The third-order valence-electron chi connectivity index (χ3n) is 5.05. The van der Waals surface area contributed by atoms with E-state index in [4.69, 9.17) is 4.74 Å². The number of carbonyl (C=O) groups is 1. The van der Waals surface area contributed by atoms with Crippen LogP contribution in [0.3, 0.4) is 0 Å². The third kappa shape index (κ3) is 3.96. The molecule has 1 N–H and O–H groups in total. The number of hydrogen-bond acceptors (Lipinski definition) is 5. The molecule has 1 aliphatic heterocycles. The van der Waals surface area contributed by atoms with Gasteiger partial charge in [-0.05, 0) is 75.2 Å². The average molecular weight is 404 g/mol. The number of carbonyl (C=O) groups excluding carboxylic acids is 1. The lowest BCUT2D eigenvalue weighted by atomic mass is 10.1. The van der Waals surface area contributed by atoms with E-state index in [1.807, 2.05) is 45.0 Å². The zero-order valence-electron chi connectivity index (χ0n) is 17.3. The van der Waals surface area contributed by atoms with Gasteiger partial charge in [-0.1, -0.05) is 0 Å². The molecule has 1 amide bonds. The highest BCUT2D eigenvalue weighted by atomic mass is 16.5. The largest absolute Gasteiger partial charge is 0.491 e. The van der Waals surface area contributed by atoms with Crippen LogP contribution in [0.2, 0.25) is 0 Å². The molecule has 0 unspecified atom stereocenters. The fraction of sp³-hybridized carbons (Fsp3) is 0.304. The van der Waals surface area contributed by atoms with Crippen molar-refractivity contribution in [2.24, 2.45) is 5.10 Å². The smallest absolute Gasteiger partial charge is 0.271 e. The van der Waals surface area contributed by atoms with Gasteiger partial charge < -0.3 is 4.74 Å². The van der Waals surface area contributed by atoms with Crippen LogP contribution in [-0.2, 0) is 13.0 Å². The maximum absolute atomic E-state index is 12.6. The van der Waals surface area contributed by atoms with Crippen LogP contribution >= 0.6 is 0 Å². The van der Waals surface area contributed by atoms with Crippen molar-refractivity contribution in [3.63, 3.8) is 0 Å². The van der Waals surface area contributed by atoms with Crippen LogP contribution < -0.4 is 15.7 Å². The lowest BCUT2D eigenvalue weighted by molar-refractivity contribution is 0.0955. The maximum atomic E-state index is 12.6. The quantitative estimate of drug-likeness (QED) is 0.522. The van der Waals surface area contributed by atoms with Crippen molar-refractivity contribution in [1.82, 2.24) is 15.0 Å². The highest BCUT2D eigenvalue weighted by Gasteiger charge is 2.17. The van der Waals surface area contributed by atoms with Crippen LogP contribution in [0.1, 0.15) is 48.9 Å². The summed E-state index contributed by atoms with van der Waals surface area (Å²) in [5, 5.41) is 4.74. The second-order valence-corrected chi connectivity index (χ2v) is 7.65. The third-order valence-corrected chi connectivity index (χ3v) is 5.05. The van der Waals surface area contributed by atoms with E-state index >= 15 is 0 Å². The van der Waals surface area contributed by atoms with Crippen LogP contribution in [0.15, 0.2) is 52.4 Å². The van der Waals surface area contributed by atoms with Crippen LogP contribution in [0.4, 0.5) is 0 Å². The molecule has 2 heterocycles. The summed E-state index contributed by atoms with van der Waals surface area (Å²) in [6.45, 7) is 6.48. The summed E-state index contributed by atoms with van der Waals surface area (Å²) in [6.07, 6.45) is 1.81. The van der Waals surface area contributed by atoms with Gasteiger partial charge in [0.15, 0.2) is 0 Å². The Labute approximate surface area is 174 Å². The van der Waals surface area contributed by atoms with E-state index < -0.39 is 0 Å². The van der Waals surface area contributed by atoms with Crippen LogP contribution in [-0.4, -0.2) is 27.3 Å². The van der Waals surface area contributed by atoms with Crippen LogP contribution in [0.5, 0.6) is 5.75 Å². The lowest BCUT2D eigenvalue weighted by Crippen LogP contribution is -2.22. The molecule has 30 heavy (non-hydrogen) atoms. The molecule has 0 spiro atoms. The molecule has 1 aromatic heterocycles. The SMILES string of the molecule is C/C(=N/NC(=O)c1ccc2c(=O)n3c(nc2c1)CCC3)c1ccc(OC(C)C)cc1. The summed E-state index contributed by atoms with van der Waals surface area (Å²) in [5.41, 5.74) is 5.05. The molecule has 154 valence electrons. The number of nitrogens with zero attached hydrogens (tertiary/aromatic N) is 3. The fourth-order valence-electron chi connectivity index (χ4n) is 3.54. The normalized spacial score (nSPS) is 13.5. The van der Waals surface area contributed by atoms with E-state index in [1.165, 1.54) is 0 Å². The number of hydrazone groups is 1. The van der Waals surface area contributed by atoms with Crippen LogP contribution in [0.25, 0.3) is 10.9 Å². The predicted molar refractivity (Wildman–Crippen MR) is 116 cm³/mol. The Morgan fingerprint density at radius 3 is 2.63 bits per heavy atom. The van der Waals surface area contributed by atoms with Gasteiger partial charge in [0, 0.05) is 18.5 Å². The molecule has 1 aliphatic rings. The Balaban J connectivity index is 1.51. The highest BCUT2D eigenvalue weighted by Crippen LogP contribution is 2.17. The Morgan fingerprint density at radius 2 is 1.90 bits per heavy atom. The summed E-state index contributed by atoms with van der Waals surface area (Å²) in [6, 6.07) is 12.5. The molecule has 2 aromatic carbocycles. The molecule has 0 bridgehead atoms. The molecule has 0 aliphatic carbocycles. The van der Waals surface area contributed by atoms with Crippen LogP contribution in [0, 0.1) is 0 Å². The van der Waals surface area contributed by atoms with Gasteiger partial charge in [-0.3, -0.25) is 14.2 Å². The summed E-state index contributed by atoms with van der Waals surface area (Å²) < 4.78 is 7.35.